The zero-order valence-electron chi connectivity index (χ0n) is 10.3. The molecule has 88 valence electrons. The first-order chi connectivity index (χ1) is 7.79. The predicted octanol–water partition coefficient (Wildman–Crippen LogP) is 2.80. The molecule has 0 radical (unpaired) electrons. The van der Waals surface area contributed by atoms with E-state index < -0.39 is 0 Å². The van der Waals surface area contributed by atoms with Crippen molar-refractivity contribution in [3.8, 4) is 0 Å². The summed E-state index contributed by atoms with van der Waals surface area (Å²) in [5.74, 6) is 1.75. The molecule has 1 aliphatic heterocycles. The number of aryl methyl sites for hydroxylation is 1. The molecule has 3 heteroatoms. The summed E-state index contributed by atoms with van der Waals surface area (Å²) < 4.78 is 0. The lowest BCUT2D eigenvalue weighted by molar-refractivity contribution is 0.385. The fourth-order valence-electron chi connectivity index (χ4n) is 2.44. The molecule has 1 aromatic rings. The number of anilines is 1. The predicted molar refractivity (Wildman–Crippen MR) is 66.6 cm³/mol. The van der Waals surface area contributed by atoms with Crippen molar-refractivity contribution in [2.75, 3.05) is 18.0 Å². The molecule has 3 nitrogen and oxygen atoms in total. The lowest BCUT2D eigenvalue weighted by Gasteiger charge is -2.32. The van der Waals surface area contributed by atoms with Gasteiger partial charge in [-0.1, -0.05) is 13.3 Å². The second kappa shape index (κ2) is 5.28. The molecule has 0 bridgehead atoms. The minimum Gasteiger partial charge on any atom is -0.341 e. The molecule has 2 rings (SSSR count). The molecule has 1 aliphatic rings. The summed E-state index contributed by atoms with van der Waals surface area (Å²) in [5, 5.41) is 0. The molecule has 0 aliphatic carbocycles. The quantitative estimate of drug-likeness (QED) is 0.782. The van der Waals surface area contributed by atoms with Crippen LogP contribution < -0.4 is 4.90 Å². The molecule has 1 unspecified atom stereocenters. The van der Waals surface area contributed by atoms with Crippen LogP contribution in [0.1, 0.15) is 38.2 Å². The molecular formula is C13H21N3. The van der Waals surface area contributed by atoms with Crippen LogP contribution in [0, 0.1) is 12.8 Å². The Morgan fingerprint density at radius 1 is 1.38 bits per heavy atom. The van der Waals surface area contributed by atoms with Gasteiger partial charge in [0.25, 0.3) is 0 Å². The molecular weight excluding hydrogens is 198 g/mol. The highest BCUT2D eigenvalue weighted by atomic mass is 15.2. The van der Waals surface area contributed by atoms with Crippen LogP contribution in [0.2, 0.25) is 0 Å². The molecule has 0 saturated carbocycles. The summed E-state index contributed by atoms with van der Waals surface area (Å²) in [6, 6.07) is 0. The third kappa shape index (κ3) is 2.71. The Morgan fingerprint density at radius 2 is 2.12 bits per heavy atom. The van der Waals surface area contributed by atoms with Crippen LogP contribution in [0.4, 0.5) is 5.95 Å². The van der Waals surface area contributed by atoms with E-state index in [1.165, 1.54) is 25.7 Å². The van der Waals surface area contributed by atoms with E-state index in [-0.39, 0.29) is 0 Å². The SMILES string of the molecule is CCCC1CCCN(c2ncc(C)cn2)C1. The fourth-order valence-corrected chi connectivity index (χ4v) is 2.44. The van der Waals surface area contributed by atoms with Crippen LogP contribution >= 0.6 is 0 Å². The third-order valence-electron chi connectivity index (χ3n) is 3.27. The highest BCUT2D eigenvalue weighted by Crippen LogP contribution is 2.23. The fraction of sp³-hybridized carbons (Fsp3) is 0.692. The Hall–Kier alpha value is -1.12. The molecule has 1 saturated heterocycles. The average Bonchev–Trinajstić information content (AvgIpc) is 2.31. The van der Waals surface area contributed by atoms with Gasteiger partial charge in [-0.15, -0.1) is 0 Å². The Balaban J connectivity index is 2.01. The second-order valence-electron chi connectivity index (χ2n) is 4.80. The normalized spacial score (nSPS) is 21.1. The third-order valence-corrected chi connectivity index (χ3v) is 3.27. The average molecular weight is 219 g/mol. The molecule has 16 heavy (non-hydrogen) atoms. The van der Waals surface area contributed by atoms with E-state index in [2.05, 4.69) is 21.8 Å². The van der Waals surface area contributed by atoms with Gasteiger partial charge in [0, 0.05) is 25.5 Å². The van der Waals surface area contributed by atoms with Crippen molar-refractivity contribution in [2.45, 2.75) is 39.5 Å². The first-order valence-corrected chi connectivity index (χ1v) is 6.33. The monoisotopic (exact) mass is 219 g/mol. The van der Waals surface area contributed by atoms with Crippen molar-refractivity contribution in [3.63, 3.8) is 0 Å². The molecule has 1 aromatic heterocycles. The van der Waals surface area contributed by atoms with Crippen molar-refractivity contribution in [2.24, 2.45) is 5.92 Å². The highest BCUT2D eigenvalue weighted by molar-refractivity contribution is 5.30. The second-order valence-corrected chi connectivity index (χ2v) is 4.80. The number of aromatic nitrogens is 2. The van der Waals surface area contributed by atoms with E-state index in [1.807, 2.05) is 19.3 Å². The molecule has 0 amide bonds. The van der Waals surface area contributed by atoms with Crippen LogP contribution in [-0.2, 0) is 0 Å². The van der Waals surface area contributed by atoms with Gasteiger partial charge in [-0.05, 0) is 37.7 Å². The van der Waals surface area contributed by atoms with Gasteiger partial charge in [0.15, 0.2) is 0 Å². The van der Waals surface area contributed by atoms with Gasteiger partial charge in [-0.25, -0.2) is 9.97 Å². The van der Waals surface area contributed by atoms with Crippen molar-refractivity contribution in [3.05, 3.63) is 18.0 Å². The van der Waals surface area contributed by atoms with Crippen LogP contribution in [0.5, 0.6) is 0 Å². The molecule has 2 heterocycles. The number of piperidine rings is 1. The smallest absolute Gasteiger partial charge is 0.225 e. The van der Waals surface area contributed by atoms with Crippen molar-refractivity contribution < 1.29 is 0 Å². The van der Waals surface area contributed by atoms with Crippen LogP contribution in [0.15, 0.2) is 12.4 Å². The maximum Gasteiger partial charge on any atom is 0.225 e. The summed E-state index contributed by atoms with van der Waals surface area (Å²) in [6.07, 6.45) is 9.09. The molecule has 1 atom stereocenters. The Bertz CT molecular complexity index is 318. The van der Waals surface area contributed by atoms with Crippen molar-refractivity contribution in [1.29, 1.82) is 0 Å². The number of hydrogen-bond donors (Lipinski definition) is 0. The van der Waals surface area contributed by atoms with Gasteiger partial charge < -0.3 is 4.90 Å². The van der Waals surface area contributed by atoms with Gasteiger partial charge in [-0.2, -0.15) is 0 Å². The van der Waals surface area contributed by atoms with Crippen molar-refractivity contribution in [1.82, 2.24) is 9.97 Å². The summed E-state index contributed by atoms with van der Waals surface area (Å²) in [7, 11) is 0. The standard InChI is InChI=1S/C13H21N3/c1-3-5-12-6-4-7-16(10-12)13-14-8-11(2)9-15-13/h8-9,12H,3-7,10H2,1-2H3. The maximum atomic E-state index is 4.41. The van der Waals surface area contributed by atoms with Crippen LogP contribution in [-0.4, -0.2) is 23.1 Å². The van der Waals surface area contributed by atoms with Crippen LogP contribution in [0.25, 0.3) is 0 Å². The van der Waals surface area contributed by atoms with Crippen LogP contribution in [0.3, 0.4) is 0 Å². The summed E-state index contributed by atoms with van der Waals surface area (Å²) in [4.78, 5) is 11.2. The van der Waals surface area contributed by atoms with Crippen molar-refractivity contribution >= 4 is 5.95 Å². The topological polar surface area (TPSA) is 29.0 Å². The van der Waals surface area contributed by atoms with E-state index in [9.17, 15) is 0 Å². The Labute approximate surface area is 97.9 Å². The minimum atomic E-state index is 0.837. The lowest BCUT2D eigenvalue weighted by Crippen LogP contribution is -2.36. The van der Waals surface area contributed by atoms with Gasteiger partial charge in [0.2, 0.25) is 5.95 Å². The van der Waals surface area contributed by atoms with Gasteiger partial charge in [-0.3, -0.25) is 0 Å². The Morgan fingerprint density at radius 3 is 2.81 bits per heavy atom. The highest BCUT2D eigenvalue weighted by Gasteiger charge is 2.20. The molecule has 0 spiro atoms. The van der Waals surface area contributed by atoms with Gasteiger partial charge >= 0.3 is 0 Å². The number of rotatable bonds is 3. The first kappa shape index (κ1) is 11.4. The summed E-state index contributed by atoms with van der Waals surface area (Å²) in [6.45, 7) is 6.54. The molecule has 0 N–H and O–H groups in total. The maximum absolute atomic E-state index is 4.41. The van der Waals surface area contributed by atoms with Gasteiger partial charge in [0.1, 0.15) is 0 Å². The number of hydrogen-bond acceptors (Lipinski definition) is 3. The minimum absolute atomic E-state index is 0.837. The zero-order chi connectivity index (χ0) is 11.4. The number of nitrogens with zero attached hydrogens (tertiary/aromatic N) is 3. The largest absolute Gasteiger partial charge is 0.341 e. The lowest BCUT2D eigenvalue weighted by atomic mass is 9.94. The summed E-state index contributed by atoms with van der Waals surface area (Å²) >= 11 is 0. The van der Waals surface area contributed by atoms with E-state index in [1.54, 1.807) is 0 Å². The summed E-state index contributed by atoms with van der Waals surface area (Å²) in [5.41, 5.74) is 1.13. The molecule has 0 aromatic carbocycles. The van der Waals surface area contributed by atoms with E-state index in [0.717, 1.165) is 30.5 Å². The van der Waals surface area contributed by atoms with E-state index >= 15 is 0 Å². The molecule has 1 fully saturated rings. The van der Waals surface area contributed by atoms with E-state index in [0.29, 0.717) is 0 Å². The Kier molecular flexibility index (Phi) is 3.75. The zero-order valence-corrected chi connectivity index (χ0v) is 10.3. The first-order valence-electron chi connectivity index (χ1n) is 6.33. The van der Waals surface area contributed by atoms with E-state index in [4.69, 9.17) is 0 Å². The van der Waals surface area contributed by atoms with Gasteiger partial charge in [0.05, 0.1) is 0 Å².